The second kappa shape index (κ2) is 15.3. The topological polar surface area (TPSA) is 156 Å². The molecule has 1 unspecified atom stereocenters. The number of likely N-dealkylation sites (tertiary alicyclic amines) is 1. The Balaban J connectivity index is 2.59. The molecule has 1 rings (SSSR count). The van der Waals surface area contributed by atoms with E-state index in [9.17, 15) is 14.4 Å². The highest BCUT2D eigenvalue weighted by atomic mass is 32.2. The van der Waals surface area contributed by atoms with Gasteiger partial charge < -0.3 is 26.4 Å². The maximum atomic E-state index is 12.4. The number of nitrogens with one attached hydrogen (secondary N) is 3. The maximum absolute atomic E-state index is 12.4. The van der Waals surface area contributed by atoms with Crippen LogP contribution in [0.3, 0.4) is 0 Å². The fraction of sp³-hybridized carbons (Fsp3) is 0.800. The minimum Gasteiger partial charge on any atom is -0.411 e. The van der Waals surface area contributed by atoms with E-state index in [0.717, 1.165) is 19.3 Å². The summed E-state index contributed by atoms with van der Waals surface area (Å²) in [6, 6.07) is 0. The van der Waals surface area contributed by atoms with Crippen molar-refractivity contribution in [3.63, 3.8) is 0 Å². The van der Waals surface area contributed by atoms with Gasteiger partial charge in [0.05, 0.1) is 27.8 Å². The first kappa shape index (κ1) is 32.8. The van der Waals surface area contributed by atoms with E-state index in [4.69, 9.17) is 10.4 Å². The van der Waals surface area contributed by atoms with E-state index < -0.39 is 11.1 Å². The zero-order valence-electron chi connectivity index (χ0n) is 23.4. The normalized spacial score (nSPS) is 17.7. The highest BCUT2D eigenvalue weighted by Gasteiger charge is 2.37. The Labute approximate surface area is 225 Å². The summed E-state index contributed by atoms with van der Waals surface area (Å²) >= 11 is 1.36. The van der Waals surface area contributed by atoms with Crippen LogP contribution in [0.2, 0.25) is 0 Å². The van der Waals surface area contributed by atoms with Crippen LogP contribution in [0.15, 0.2) is 10.3 Å². The smallest absolute Gasteiger partial charge is 0.242 e. The van der Waals surface area contributed by atoms with Crippen molar-refractivity contribution < 1.29 is 24.8 Å². The average Bonchev–Trinajstić information content (AvgIpc) is 3.13. The van der Waals surface area contributed by atoms with Gasteiger partial charge in [0.15, 0.2) is 0 Å². The van der Waals surface area contributed by atoms with Crippen LogP contribution in [0.4, 0.5) is 0 Å². The Hall–Kier alpha value is -2.18. The molecule has 1 aliphatic heterocycles. The SMILES string of the molecule is CSC1CC(=O)N(CCC(=O)NCCC(CCNC(C)(C)/C(C)=N/O)CCNC(C)(C)/C(C)=N/O)C1=O. The molecule has 0 bridgehead atoms. The summed E-state index contributed by atoms with van der Waals surface area (Å²) in [5, 5.41) is 34.2. The third-order valence-corrected chi connectivity index (χ3v) is 8.21. The highest BCUT2D eigenvalue weighted by Crippen LogP contribution is 2.23. The van der Waals surface area contributed by atoms with Crippen LogP contribution in [0.5, 0.6) is 0 Å². The van der Waals surface area contributed by atoms with E-state index in [1.165, 1.54) is 16.7 Å². The number of carbonyl (C=O) groups is 3. The summed E-state index contributed by atoms with van der Waals surface area (Å²) in [4.78, 5) is 37.8. The van der Waals surface area contributed by atoms with Crippen molar-refractivity contribution in [2.45, 2.75) is 90.0 Å². The van der Waals surface area contributed by atoms with Crippen molar-refractivity contribution in [2.24, 2.45) is 16.2 Å². The van der Waals surface area contributed by atoms with Crippen molar-refractivity contribution in [1.82, 2.24) is 20.9 Å². The molecule has 0 aromatic heterocycles. The van der Waals surface area contributed by atoms with Crippen molar-refractivity contribution in [3.05, 3.63) is 0 Å². The number of hydrogen-bond donors (Lipinski definition) is 5. The number of imide groups is 1. The summed E-state index contributed by atoms with van der Waals surface area (Å²) < 4.78 is 0. The molecule has 0 aliphatic carbocycles. The van der Waals surface area contributed by atoms with E-state index in [1.54, 1.807) is 20.1 Å². The Kier molecular flexibility index (Phi) is 13.6. The Morgan fingerprint density at radius 1 is 1.00 bits per heavy atom. The molecule has 0 spiro atoms. The van der Waals surface area contributed by atoms with Gasteiger partial charge in [-0.1, -0.05) is 10.3 Å². The number of nitrogens with zero attached hydrogens (tertiary/aromatic N) is 3. The van der Waals surface area contributed by atoms with Crippen LogP contribution >= 0.6 is 11.8 Å². The number of carbonyl (C=O) groups excluding carboxylic acids is 3. The minimum absolute atomic E-state index is 0.0915. The molecule has 212 valence electrons. The van der Waals surface area contributed by atoms with Crippen molar-refractivity contribution in [1.29, 1.82) is 0 Å². The summed E-state index contributed by atoms with van der Waals surface area (Å²) in [6.45, 7) is 13.3. The molecular formula is C25H46N6O5S. The second-order valence-electron chi connectivity index (χ2n) is 10.6. The van der Waals surface area contributed by atoms with Crippen LogP contribution in [-0.2, 0) is 14.4 Å². The molecule has 1 fully saturated rings. The van der Waals surface area contributed by atoms with Crippen LogP contribution in [0.25, 0.3) is 0 Å². The van der Waals surface area contributed by atoms with Gasteiger partial charge in [0, 0.05) is 25.9 Å². The van der Waals surface area contributed by atoms with Crippen molar-refractivity contribution >= 4 is 40.9 Å². The van der Waals surface area contributed by atoms with Crippen molar-refractivity contribution in [3.8, 4) is 0 Å². The van der Waals surface area contributed by atoms with E-state index in [-0.39, 0.29) is 48.3 Å². The molecule has 5 N–H and O–H groups in total. The van der Waals surface area contributed by atoms with Gasteiger partial charge in [0.1, 0.15) is 0 Å². The van der Waals surface area contributed by atoms with Gasteiger partial charge in [-0.3, -0.25) is 19.3 Å². The lowest BCUT2D eigenvalue weighted by Crippen LogP contribution is -2.47. The van der Waals surface area contributed by atoms with E-state index in [0.29, 0.717) is 31.1 Å². The standard InChI is InChI=1S/C25H46N6O5S/c1-17(29-35)24(3,4)27-13-9-19(10-14-28-25(5,6)18(2)30-36)8-12-26-21(32)11-15-31-22(33)16-20(37-7)23(31)34/h19-20,27-28,35-36H,8-16H2,1-7H3,(H,26,32)/b29-17+,30-18+. The number of rotatable bonds is 17. The zero-order valence-corrected chi connectivity index (χ0v) is 24.2. The third kappa shape index (κ3) is 10.6. The highest BCUT2D eigenvalue weighted by molar-refractivity contribution is 8.00. The predicted molar refractivity (Wildman–Crippen MR) is 148 cm³/mol. The fourth-order valence-corrected chi connectivity index (χ4v) is 4.54. The van der Waals surface area contributed by atoms with E-state index >= 15 is 0 Å². The Bertz CT molecular complexity index is 809. The fourth-order valence-electron chi connectivity index (χ4n) is 3.91. The number of amides is 3. The monoisotopic (exact) mass is 542 g/mol. The summed E-state index contributed by atoms with van der Waals surface area (Å²) in [5.74, 6) is -0.325. The number of oxime groups is 2. The molecule has 3 amide bonds. The Morgan fingerprint density at radius 2 is 1.49 bits per heavy atom. The molecular weight excluding hydrogens is 496 g/mol. The molecule has 12 heteroatoms. The molecule has 0 aromatic rings. The van der Waals surface area contributed by atoms with Gasteiger partial charge in [0.25, 0.3) is 0 Å². The van der Waals surface area contributed by atoms with E-state index in [1.807, 2.05) is 27.7 Å². The predicted octanol–water partition coefficient (Wildman–Crippen LogP) is 2.21. The lowest BCUT2D eigenvalue weighted by Gasteiger charge is -2.28. The molecule has 1 atom stereocenters. The van der Waals surface area contributed by atoms with Gasteiger partial charge in [-0.2, -0.15) is 11.8 Å². The van der Waals surface area contributed by atoms with Gasteiger partial charge in [-0.15, -0.1) is 0 Å². The van der Waals surface area contributed by atoms with E-state index in [2.05, 4.69) is 26.3 Å². The summed E-state index contributed by atoms with van der Waals surface area (Å²) in [6.07, 6.45) is 4.55. The molecule has 0 saturated carbocycles. The Morgan fingerprint density at radius 3 is 1.92 bits per heavy atom. The lowest BCUT2D eigenvalue weighted by molar-refractivity contribution is -0.138. The van der Waals surface area contributed by atoms with Crippen LogP contribution < -0.4 is 16.0 Å². The quantitative estimate of drug-likeness (QED) is 0.0811. The summed E-state index contributed by atoms with van der Waals surface area (Å²) in [5.41, 5.74) is 0.305. The van der Waals surface area contributed by atoms with Gasteiger partial charge in [0.2, 0.25) is 17.7 Å². The van der Waals surface area contributed by atoms with Gasteiger partial charge in [-0.25, -0.2) is 0 Å². The molecule has 1 saturated heterocycles. The average molecular weight is 543 g/mol. The van der Waals surface area contributed by atoms with Gasteiger partial charge >= 0.3 is 0 Å². The minimum atomic E-state index is -0.442. The maximum Gasteiger partial charge on any atom is 0.242 e. The first-order chi connectivity index (χ1) is 17.3. The first-order valence-electron chi connectivity index (χ1n) is 12.8. The number of thioether (sulfide) groups is 1. The lowest BCUT2D eigenvalue weighted by atomic mass is 9.94. The molecule has 37 heavy (non-hydrogen) atoms. The summed E-state index contributed by atoms with van der Waals surface area (Å²) in [7, 11) is 0. The molecule has 1 aliphatic rings. The largest absolute Gasteiger partial charge is 0.411 e. The van der Waals surface area contributed by atoms with Crippen LogP contribution in [0, 0.1) is 5.92 Å². The van der Waals surface area contributed by atoms with Gasteiger partial charge in [-0.05, 0) is 86.1 Å². The molecule has 11 nitrogen and oxygen atoms in total. The molecule has 0 radical (unpaired) electrons. The molecule has 0 aromatic carbocycles. The third-order valence-electron chi connectivity index (χ3n) is 7.27. The first-order valence-corrected chi connectivity index (χ1v) is 14.1. The van der Waals surface area contributed by atoms with Crippen molar-refractivity contribution in [2.75, 3.05) is 32.4 Å². The second-order valence-corrected chi connectivity index (χ2v) is 11.7. The zero-order chi connectivity index (χ0) is 28.2. The van der Waals surface area contributed by atoms with Crippen LogP contribution in [-0.4, -0.2) is 93.2 Å². The number of hydrogen-bond acceptors (Lipinski definition) is 10. The molecule has 1 heterocycles. The van der Waals surface area contributed by atoms with Crippen LogP contribution in [0.1, 0.15) is 73.6 Å².